The van der Waals surface area contributed by atoms with E-state index in [4.69, 9.17) is 5.11 Å². The lowest BCUT2D eigenvalue weighted by atomic mass is 10.2. The molecule has 0 spiro atoms. The summed E-state index contributed by atoms with van der Waals surface area (Å²) in [7, 11) is -3.62. The predicted molar refractivity (Wildman–Crippen MR) is 88.3 cm³/mol. The van der Waals surface area contributed by atoms with Crippen LogP contribution in [0.25, 0.3) is 0 Å². The van der Waals surface area contributed by atoms with Crippen molar-refractivity contribution in [2.45, 2.75) is 50.7 Å². The molecule has 1 aliphatic heterocycles. The van der Waals surface area contributed by atoms with Crippen molar-refractivity contribution in [3.8, 4) is 0 Å². The van der Waals surface area contributed by atoms with Gasteiger partial charge in [-0.15, -0.1) is 0 Å². The Hall–Kier alpha value is -2.20. The second kappa shape index (κ2) is 6.96. The third kappa shape index (κ3) is 3.74. The zero-order valence-electron chi connectivity index (χ0n) is 14.0. The average molecular weight is 367 g/mol. The Labute approximate surface area is 145 Å². The first-order valence-corrected chi connectivity index (χ1v) is 9.64. The number of aromatic nitrogens is 4. The molecule has 0 amide bonds. The van der Waals surface area contributed by atoms with E-state index in [2.05, 4.69) is 10.2 Å². The van der Waals surface area contributed by atoms with Gasteiger partial charge in [-0.05, 0) is 19.4 Å². The van der Waals surface area contributed by atoms with Crippen molar-refractivity contribution in [1.82, 2.24) is 23.9 Å². The summed E-state index contributed by atoms with van der Waals surface area (Å²) in [5.74, 6) is -0.875. The molecule has 0 aromatic carbocycles. The fraction of sp³-hybridized carbons (Fsp3) is 0.533. The third-order valence-electron chi connectivity index (χ3n) is 4.20. The zero-order chi connectivity index (χ0) is 18.0. The highest BCUT2D eigenvalue weighted by Crippen LogP contribution is 2.22. The number of rotatable bonds is 6. The van der Waals surface area contributed by atoms with Crippen LogP contribution in [-0.4, -0.2) is 49.9 Å². The van der Waals surface area contributed by atoms with E-state index in [1.807, 2.05) is 6.92 Å². The van der Waals surface area contributed by atoms with Crippen LogP contribution in [0.3, 0.4) is 0 Å². The lowest BCUT2D eigenvalue weighted by Crippen LogP contribution is -2.30. The van der Waals surface area contributed by atoms with Crippen molar-refractivity contribution < 1.29 is 18.3 Å². The van der Waals surface area contributed by atoms with Crippen LogP contribution in [-0.2, 0) is 40.9 Å². The Kier molecular flexibility index (Phi) is 4.91. The van der Waals surface area contributed by atoms with Crippen LogP contribution in [0.1, 0.15) is 31.2 Å². The SMILES string of the molecule is CCn1cc(S(=O)(=O)N2CCCn3nc(CCC(=O)O)cc3C2)cn1. The van der Waals surface area contributed by atoms with Gasteiger partial charge in [-0.1, -0.05) is 0 Å². The molecule has 0 fully saturated rings. The van der Waals surface area contributed by atoms with E-state index in [1.54, 1.807) is 15.4 Å². The maximum Gasteiger partial charge on any atom is 0.303 e. The molecule has 1 aliphatic rings. The van der Waals surface area contributed by atoms with Gasteiger partial charge in [0, 0.05) is 32.3 Å². The van der Waals surface area contributed by atoms with Crippen LogP contribution in [0, 0.1) is 0 Å². The van der Waals surface area contributed by atoms with Gasteiger partial charge >= 0.3 is 5.97 Å². The van der Waals surface area contributed by atoms with Gasteiger partial charge in [0.2, 0.25) is 10.0 Å². The van der Waals surface area contributed by atoms with E-state index in [-0.39, 0.29) is 17.9 Å². The lowest BCUT2D eigenvalue weighted by molar-refractivity contribution is -0.136. The van der Waals surface area contributed by atoms with Crippen molar-refractivity contribution in [1.29, 1.82) is 0 Å². The first-order chi connectivity index (χ1) is 11.9. The van der Waals surface area contributed by atoms with Crippen molar-refractivity contribution in [3.63, 3.8) is 0 Å². The Bertz CT molecular complexity index is 870. The molecule has 136 valence electrons. The average Bonchev–Trinajstić information content (AvgIpc) is 3.15. The molecule has 3 heterocycles. The molecule has 0 atom stereocenters. The summed E-state index contributed by atoms with van der Waals surface area (Å²) in [6, 6.07) is 1.80. The van der Waals surface area contributed by atoms with Crippen LogP contribution in [0.15, 0.2) is 23.4 Å². The van der Waals surface area contributed by atoms with E-state index in [0.717, 1.165) is 5.69 Å². The lowest BCUT2D eigenvalue weighted by Gasteiger charge is -2.18. The topological polar surface area (TPSA) is 110 Å². The van der Waals surface area contributed by atoms with Gasteiger partial charge in [0.25, 0.3) is 0 Å². The number of hydrogen-bond donors (Lipinski definition) is 1. The predicted octanol–water partition coefficient (Wildman–Crippen LogP) is 0.711. The van der Waals surface area contributed by atoms with E-state index < -0.39 is 16.0 Å². The summed E-state index contributed by atoms with van der Waals surface area (Å²) in [5.41, 5.74) is 1.46. The van der Waals surface area contributed by atoms with Crippen molar-refractivity contribution in [3.05, 3.63) is 29.8 Å². The highest BCUT2D eigenvalue weighted by Gasteiger charge is 2.29. The second-order valence-corrected chi connectivity index (χ2v) is 7.91. The molecule has 1 N–H and O–H groups in total. The van der Waals surface area contributed by atoms with Gasteiger partial charge in [-0.25, -0.2) is 8.42 Å². The molecule has 2 aromatic rings. The van der Waals surface area contributed by atoms with Crippen LogP contribution >= 0.6 is 0 Å². The van der Waals surface area contributed by atoms with Gasteiger partial charge in [0.15, 0.2) is 0 Å². The number of carboxylic acids is 1. The summed E-state index contributed by atoms with van der Waals surface area (Å²) in [4.78, 5) is 10.9. The summed E-state index contributed by atoms with van der Waals surface area (Å²) in [6.45, 7) is 3.75. The minimum absolute atomic E-state index is 0.00860. The van der Waals surface area contributed by atoms with Gasteiger partial charge in [-0.2, -0.15) is 14.5 Å². The Morgan fingerprint density at radius 1 is 1.36 bits per heavy atom. The number of carbonyl (C=O) groups is 1. The van der Waals surface area contributed by atoms with Gasteiger partial charge in [0.1, 0.15) is 4.90 Å². The van der Waals surface area contributed by atoms with Crippen molar-refractivity contribution in [2.75, 3.05) is 6.54 Å². The molecule has 0 unspecified atom stereocenters. The normalized spacial score (nSPS) is 15.7. The van der Waals surface area contributed by atoms with E-state index in [0.29, 0.717) is 38.2 Å². The number of carboxylic acid groups (broad SMARTS) is 1. The summed E-state index contributed by atoms with van der Waals surface area (Å²) < 4.78 is 30.5. The minimum Gasteiger partial charge on any atom is -0.481 e. The number of aliphatic carboxylic acids is 1. The number of hydrogen-bond acceptors (Lipinski definition) is 5. The Morgan fingerprint density at radius 3 is 2.84 bits per heavy atom. The molecule has 3 rings (SSSR count). The van der Waals surface area contributed by atoms with Crippen molar-refractivity contribution in [2.24, 2.45) is 0 Å². The highest BCUT2D eigenvalue weighted by atomic mass is 32.2. The van der Waals surface area contributed by atoms with E-state index in [1.165, 1.54) is 16.7 Å². The smallest absolute Gasteiger partial charge is 0.303 e. The second-order valence-electron chi connectivity index (χ2n) is 5.97. The molecule has 0 radical (unpaired) electrons. The van der Waals surface area contributed by atoms with Gasteiger partial charge in [-0.3, -0.25) is 14.2 Å². The number of sulfonamides is 1. The molecule has 0 aliphatic carbocycles. The monoisotopic (exact) mass is 367 g/mol. The molecule has 0 bridgehead atoms. The molecule has 2 aromatic heterocycles. The van der Waals surface area contributed by atoms with Gasteiger partial charge in [0.05, 0.1) is 30.6 Å². The molecule has 0 saturated heterocycles. The Morgan fingerprint density at radius 2 is 2.16 bits per heavy atom. The van der Waals surface area contributed by atoms with Crippen molar-refractivity contribution >= 4 is 16.0 Å². The summed E-state index contributed by atoms with van der Waals surface area (Å²) in [5, 5.41) is 17.2. The molecule has 25 heavy (non-hydrogen) atoms. The first kappa shape index (κ1) is 17.6. The number of aryl methyl sites for hydroxylation is 3. The summed E-state index contributed by atoms with van der Waals surface area (Å²) in [6.07, 6.45) is 3.91. The third-order valence-corrected chi connectivity index (χ3v) is 5.99. The van der Waals surface area contributed by atoms with E-state index >= 15 is 0 Å². The fourth-order valence-corrected chi connectivity index (χ4v) is 4.26. The number of nitrogens with zero attached hydrogens (tertiary/aromatic N) is 5. The van der Waals surface area contributed by atoms with Gasteiger partial charge < -0.3 is 5.11 Å². The number of fused-ring (bicyclic) bond motifs is 1. The fourth-order valence-electron chi connectivity index (χ4n) is 2.85. The molecule has 9 nitrogen and oxygen atoms in total. The van der Waals surface area contributed by atoms with E-state index in [9.17, 15) is 13.2 Å². The Balaban J connectivity index is 1.81. The quantitative estimate of drug-likeness (QED) is 0.805. The molecular formula is C15H21N5O4S. The molecular weight excluding hydrogens is 346 g/mol. The molecule has 0 saturated carbocycles. The minimum atomic E-state index is -3.62. The first-order valence-electron chi connectivity index (χ1n) is 8.20. The summed E-state index contributed by atoms with van der Waals surface area (Å²) >= 11 is 0. The largest absolute Gasteiger partial charge is 0.481 e. The molecule has 10 heteroatoms. The highest BCUT2D eigenvalue weighted by molar-refractivity contribution is 7.89. The maximum absolute atomic E-state index is 12.9. The van der Waals surface area contributed by atoms with Crippen LogP contribution in [0.5, 0.6) is 0 Å². The van der Waals surface area contributed by atoms with Crippen LogP contribution < -0.4 is 0 Å². The standard InChI is InChI=1S/C15H21N5O4S/c1-2-18-11-14(9-16-18)25(23,24)19-6-3-7-20-13(10-19)8-12(17-20)4-5-15(21)22/h8-9,11H,2-7,10H2,1H3,(H,21,22). The van der Waals surface area contributed by atoms with Crippen LogP contribution in [0.2, 0.25) is 0 Å². The maximum atomic E-state index is 12.9. The van der Waals surface area contributed by atoms with Crippen LogP contribution in [0.4, 0.5) is 0 Å². The zero-order valence-corrected chi connectivity index (χ0v) is 14.8.